The van der Waals surface area contributed by atoms with Crippen LogP contribution in [0.5, 0.6) is 0 Å². The summed E-state index contributed by atoms with van der Waals surface area (Å²) in [6, 6.07) is 1.71. The van der Waals surface area contributed by atoms with Crippen LogP contribution in [0.25, 0.3) is 0 Å². The lowest BCUT2D eigenvalue weighted by Gasteiger charge is -1.89. The number of hydrogen-bond donors (Lipinski definition) is 2. The van der Waals surface area contributed by atoms with E-state index in [2.05, 4.69) is 17.3 Å². The summed E-state index contributed by atoms with van der Waals surface area (Å²) in [5, 5.41) is 9.11. The van der Waals surface area contributed by atoms with Crippen LogP contribution in [0.4, 0.5) is 0 Å². The molecule has 0 radical (unpaired) electrons. The van der Waals surface area contributed by atoms with Crippen molar-refractivity contribution in [2.24, 2.45) is 10.9 Å². The third kappa shape index (κ3) is 1.47. The quantitative estimate of drug-likeness (QED) is 0.483. The monoisotopic (exact) mass is 174 g/mol. The van der Waals surface area contributed by atoms with Gasteiger partial charge in [0.15, 0.2) is 0 Å². The van der Waals surface area contributed by atoms with Crippen LogP contribution in [0.3, 0.4) is 0 Å². The molecule has 0 aliphatic rings. The molecule has 4 N–H and O–H groups in total. The Morgan fingerprint density at radius 1 is 1.80 bits per heavy atom. The van der Waals surface area contributed by atoms with Crippen LogP contribution in [0.15, 0.2) is 12.3 Å². The first-order valence-corrected chi connectivity index (χ1v) is 3.71. The van der Waals surface area contributed by atoms with Crippen molar-refractivity contribution in [3.8, 4) is 0 Å². The third-order valence-electron chi connectivity index (χ3n) is 0.927. The second-order valence-corrected chi connectivity index (χ2v) is 2.60. The van der Waals surface area contributed by atoms with Gasteiger partial charge in [0.05, 0.1) is 12.1 Å². The van der Waals surface area contributed by atoms with Crippen molar-refractivity contribution in [2.75, 3.05) is 0 Å². The van der Waals surface area contributed by atoms with Gasteiger partial charge >= 0.3 is 0 Å². The van der Waals surface area contributed by atoms with Crippen molar-refractivity contribution in [2.45, 2.75) is 0 Å². The summed E-state index contributed by atoms with van der Waals surface area (Å²) < 4.78 is 1.48. The van der Waals surface area contributed by atoms with E-state index in [1.165, 1.54) is 4.09 Å². The summed E-state index contributed by atoms with van der Waals surface area (Å²) in [5.74, 6) is 0. The lowest BCUT2D eigenvalue weighted by molar-refractivity contribution is 1.00. The average molecular weight is 174 g/mol. The number of rotatable bonds is 2. The van der Waals surface area contributed by atoms with Crippen molar-refractivity contribution in [3.63, 3.8) is 0 Å². The van der Waals surface area contributed by atoms with Crippen molar-refractivity contribution in [1.29, 1.82) is 0 Å². The molecule has 10 heavy (non-hydrogen) atoms. The number of aromatic nitrogens is 2. The molecule has 0 spiro atoms. The van der Waals surface area contributed by atoms with Crippen LogP contribution in [-0.4, -0.2) is 14.2 Å². The maximum Gasteiger partial charge on any atom is 0.124 e. The molecule has 0 bridgehead atoms. The minimum Gasteiger partial charge on any atom is -0.388 e. The lowest BCUT2D eigenvalue weighted by Crippen LogP contribution is -2.10. The smallest absolute Gasteiger partial charge is 0.124 e. The first-order chi connectivity index (χ1) is 4.74. The Hall–Kier alpha value is -0.590. The second kappa shape index (κ2) is 3.00. The molecule has 6 heteroatoms. The third-order valence-corrected chi connectivity index (χ3v) is 1.56. The Morgan fingerprint density at radius 2 is 2.50 bits per heavy atom. The predicted molar refractivity (Wildman–Crippen MR) is 45.3 cm³/mol. The van der Waals surface area contributed by atoms with Gasteiger partial charge in [0, 0.05) is 6.20 Å². The highest BCUT2D eigenvalue weighted by Crippen LogP contribution is 1.98. The Morgan fingerprint density at radius 3 is 2.80 bits per heavy atom. The molecule has 0 aliphatic heterocycles. The molecule has 0 saturated carbocycles. The van der Waals surface area contributed by atoms with Gasteiger partial charge in [0.25, 0.3) is 0 Å². The van der Waals surface area contributed by atoms with Crippen LogP contribution in [-0.2, 0) is 0 Å². The summed E-state index contributed by atoms with van der Waals surface area (Å²) in [5.41, 5.74) is 5.88. The van der Waals surface area contributed by atoms with E-state index in [0.29, 0.717) is 5.69 Å². The van der Waals surface area contributed by atoms with Gasteiger partial charge < -0.3 is 5.73 Å². The first kappa shape index (κ1) is 7.52. The van der Waals surface area contributed by atoms with Gasteiger partial charge in [0.2, 0.25) is 0 Å². The number of nitrogens with zero attached hydrogens (tertiary/aromatic N) is 2. The Kier molecular flexibility index (Phi) is 2.25. The van der Waals surface area contributed by atoms with Crippen molar-refractivity contribution >= 4 is 29.3 Å². The van der Waals surface area contributed by atoms with E-state index >= 15 is 0 Å². The van der Waals surface area contributed by atoms with Gasteiger partial charge in [-0.1, -0.05) is 12.2 Å². The highest BCUT2D eigenvalue weighted by Gasteiger charge is 1.98. The molecule has 4 nitrogen and oxygen atoms in total. The molecule has 1 aromatic rings. The molecule has 1 aromatic heterocycles. The Bertz CT molecular complexity index is 243. The maximum absolute atomic E-state index is 5.29. The average Bonchev–Trinajstić information content (AvgIpc) is 2.34. The van der Waals surface area contributed by atoms with E-state index in [0.717, 1.165) is 12.1 Å². The van der Waals surface area contributed by atoms with E-state index in [4.69, 9.17) is 10.9 Å². The van der Waals surface area contributed by atoms with E-state index in [9.17, 15) is 0 Å². The zero-order valence-electron chi connectivity index (χ0n) is 5.02. The fourth-order valence-electron chi connectivity index (χ4n) is 0.497. The first-order valence-electron chi connectivity index (χ1n) is 2.46. The number of hydrogen-bond acceptors (Lipinski definition) is 4. The van der Waals surface area contributed by atoms with Gasteiger partial charge in [-0.15, -0.1) is 0 Å². The minimum atomic E-state index is 0.285. The van der Waals surface area contributed by atoms with Crippen molar-refractivity contribution in [3.05, 3.63) is 18.0 Å². The molecule has 54 valence electrons. The fraction of sp³-hybridized carbons (Fsp3) is 0. The standard InChI is InChI=1S/C4H6N4S2/c5-4(9)3-1-2-8(7-3)10-6/h1-2H,6H2,(H2,5,9). The molecule has 0 aromatic carbocycles. The van der Waals surface area contributed by atoms with E-state index in [1.807, 2.05) is 0 Å². The topological polar surface area (TPSA) is 69.9 Å². The summed E-state index contributed by atoms with van der Waals surface area (Å²) in [6.45, 7) is 0. The van der Waals surface area contributed by atoms with Gasteiger partial charge in [0.1, 0.15) is 10.7 Å². The zero-order valence-corrected chi connectivity index (χ0v) is 6.65. The molecular formula is C4H6N4S2. The van der Waals surface area contributed by atoms with Crippen LogP contribution in [0.1, 0.15) is 5.69 Å². The largest absolute Gasteiger partial charge is 0.388 e. The number of nitrogens with two attached hydrogens (primary N) is 2. The summed E-state index contributed by atoms with van der Waals surface area (Å²) >= 11 is 5.67. The summed E-state index contributed by atoms with van der Waals surface area (Å²) in [7, 11) is 0. The van der Waals surface area contributed by atoms with E-state index in [1.54, 1.807) is 12.3 Å². The zero-order chi connectivity index (χ0) is 7.56. The molecule has 1 rings (SSSR count). The highest BCUT2D eigenvalue weighted by atomic mass is 32.2. The predicted octanol–water partition coefficient (Wildman–Crippen LogP) is -0.113. The van der Waals surface area contributed by atoms with Gasteiger partial charge in [-0.25, -0.2) is 0 Å². The maximum atomic E-state index is 5.29. The van der Waals surface area contributed by atoms with Crippen LogP contribution in [0.2, 0.25) is 0 Å². The van der Waals surface area contributed by atoms with Gasteiger partial charge in [-0.2, -0.15) is 9.19 Å². The molecule has 0 unspecified atom stereocenters. The summed E-state index contributed by atoms with van der Waals surface area (Å²) in [6.07, 6.45) is 1.69. The van der Waals surface area contributed by atoms with Gasteiger partial charge in [-0.3, -0.25) is 5.14 Å². The Balaban J connectivity index is 2.88. The van der Waals surface area contributed by atoms with Crippen LogP contribution < -0.4 is 10.9 Å². The fourth-order valence-corrected chi connectivity index (χ4v) is 0.872. The highest BCUT2D eigenvalue weighted by molar-refractivity contribution is 7.95. The minimum absolute atomic E-state index is 0.285. The number of thiocarbonyl (C=S) groups is 1. The second-order valence-electron chi connectivity index (χ2n) is 1.57. The van der Waals surface area contributed by atoms with Crippen molar-refractivity contribution < 1.29 is 0 Å². The molecule has 0 saturated heterocycles. The molecule has 0 aliphatic carbocycles. The van der Waals surface area contributed by atoms with E-state index in [-0.39, 0.29) is 4.99 Å². The lowest BCUT2D eigenvalue weighted by atomic mass is 10.4. The molecule has 0 atom stereocenters. The van der Waals surface area contributed by atoms with E-state index < -0.39 is 0 Å². The van der Waals surface area contributed by atoms with Crippen molar-refractivity contribution in [1.82, 2.24) is 9.19 Å². The molecular weight excluding hydrogens is 168 g/mol. The normalized spacial score (nSPS) is 9.70. The van der Waals surface area contributed by atoms with Gasteiger partial charge in [-0.05, 0) is 6.07 Å². The van der Waals surface area contributed by atoms with Crippen LogP contribution >= 0.6 is 24.4 Å². The van der Waals surface area contributed by atoms with Crippen LogP contribution in [0, 0.1) is 0 Å². The SMILES string of the molecule is NSn1ccc(C(N)=S)n1. The molecule has 0 fully saturated rings. The summed E-state index contributed by atoms with van der Waals surface area (Å²) in [4.78, 5) is 0.285. The molecule has 0 amide bonds. The molecule has 1 heterocycles. The Labute approximate surface area is 67.8 Å².